The van der Waals surface area contributed by atoms with Gasteiger partial charge in [0.2, 0.25) is 6.29 Å². The fourth-order valence-electron chi connectivity index (χ4n) is 2.57. The van der Waals surface area contributed by atoms with Gasteiger partial charge in [-0.25, -0.2) is 0 Å². The van der Waals surface area contributed by atoms with E-state index in [4.69, 9.17) is 28.4 Å². The molecule has 3 fully saturated rings. The zero-order valence-electron chi connectivity index (χ0n) is 12.6. The topological polar surface area (TPSA) is 72.5 Å². The first-order chi connectivity index (χ1) is 10.0. The predicted octanol–water partition coefficient (Wildman–Crippen LogP) is 0.805. The van der Waals surface area contributed by atoms with E-state index in [9.17, 15) is 4.79 Å². The molecule has 0 saturated carbocycles. The summed E-state index contributed by atoms with van der Waals surface area (Å²) in [6.45, 7) is 6.39. The lowest BCUT2D eigenvalue weighted by molar-refractivity contribution is -0.316. The number of hydrogen-bond donors (Lipinski definition) is 0. The van der Waals surface area contributed by atoms with E-state index in [0.717, 1.165) is 0 Å². The molecule has 120 valence electrons. The first-order valence-corrected chi connectivity index (χ1v) is 7.32. The van der Waals surface area contributed by atoms with Crippen LogP contribution in [-0.4, -0.2) is 56.9 Å². The molecule has 3 saturated heterocycles. The maximum Gasteiger partial charge on any atom is 0.313 e. The molecule has 3 aliphatic rings. The molecule has 3 aliphatic heterocycles. The average Bonchev–Trinajstić information content (AvgIpc) is 2.97. The second kappa shape index (κ2) is 5.81. The molecule has 0 N–H and O–H groups in total. The highest BCUT2D eigenvalue weighted by Gasteiger charge is 2.54. The third-order valence-corrected chi connectivity index (χ3v) is 4.40. The second-order valence-corrected chi connectivity index (χ2v) is 6.19. The summed E-state index contributed by atoms with van der Waals surface area (Å²) in [6.07, 6.45) is -1.43. The summed E-state index contributed by atoms with van der Waals surface area (Å²) >= 11 is 0. The fraction of sp³-hybridized carbons (Fsp3) is 0.929. The van der Waals surface area contributed by atoms with Gasteiger partial charge in [0.1, 0.15) is 31.9 Å². The van der Waals surface area contributed by atoms with E-state index in [1.54, 1.807) is 0 Å². The van der Waals surface area contributed by atoms with Crippen molar-refractivity contribution in [2.24, 2.45) is 5.41 Å². The van der Waals surface area contributed by atoms with Crippen LogP contribution in [-0.2, 0) is 33.2 Å². The maximum atomic E-state index is 12.3. The molecule has 0 amide bonds. The minimum atomic E-state index is -0.789. The zero-order chi connectivity index (χ0) is 15.0. The summed E-state index contributed by atoms with van der Waals surface area (Å²) in [4.78, 5) is 12.3. The highest BCUT2D eigenvalue weighted by Crippen LogP contribution is 2.35. The molecule has 0 aromatic carbocycles. The lowest BCUT2D eigenvalue weighted by Gasteiger charge is -2.43. The molecule has 0 aliphatic carbocycles. The number of fused-ring (bicyclic) bond motifs is 3. The highest BCUT2D eigenvalue weighted by molar-refractivity contribution is 5.75. The maximum absolute atomic E-state index is 12.3. The van der Waals surface area contributed by atoms with Crippen LogP contribution in [0.2, 0.25) is 0 Å². The van der Waals surface area contributed by atoms with Crippen molar-refractivity contribution in [3.05, 3.63) is 0 Å². The van der Waals surface area contributed by atoms with Gasteiger partial charge in [-0.2, -0.15) is 0 Å². The Morgan fingerprint density at radius 3 is 2.62 bits per heavy atom. The van der Waals surface area contributed by atoms with Crippen LogP contribution in [0.3, 0.4) is 0 Å². The van der Waals surface area contributed by atoms with Crippen LogP contribution in [0.15, 0.2) is 0 Å². The Labute approximate surface area is 123 Å². The lowest BCUT2D eigenvalue weighted by Crippen LogP contribution is -2.61. The number of carbonyl (C=O) groups excluding carboxylic acids is 1. The van der Waals surface area contributed by atoms with Crippen LogP contribution in [0.4, 0.5) is 0 Å². The van der Waals surface area contributed by atoms with Crippen LogP contribution >= 0.6 is 0 Å². The summed E-state index contributed by atoms with van der Waals surface area (Å²) in [7, 11) is 0. The molecule has 3 heterocycles. The van der Waals surface area contributed by atoms with Crippen molar-refractivity contribution in [3.8, 4) is 0 Å². The Kier molecular flexibility index (Phi) is 4.20. The van der Waals surface area contributed by atoms with E-state index < -0.39 is 17.8 Å². The Morgan fingerprint density at radius 2 is 1.86 bits per heavy atom. The average molecular weight is 302 g/mol. The van der Waals surface area contributed by atoms with Crippen LogP contribution < -0.4 is 0 Å². The van der Waals surface area contributed by atoms with Gasteiger partial charge >= 0.3 is 5.97 Å². The number of rotatable bonds is 3. The minimum Gasteiger partial charge on any atom is -0.432 e. The SMILES string of the molecule is CCC(C)(C)C(=O)OC1OC2COCOC2C2OCOC12. The molecular weight excluding hydrogens is 280 g/mol. The molecular formula is C14H22O7. The second-order valence-electron chi connectivity index (χ2n) is 6.19. The van der Waals surface area contributed by atoms with E-state index in [2.05, 4.69) is 0 Å². The fourth-order valence-corrected chi connectivity index (χ4v) is 2.57. The summed E-state index contributed by atoms with van der Waals surface area (Å²) in [6, 6.07) is 0. The van der Waals surface area contributed by atoms with E-state index >= 15 is 0 Å². The van der Waals surface area contributed by atoms with Crippen molar-refractivity contribution < 1.29 is 33.2 Å². The van der Waals surface area contributed by atoms with Gasteiger partial charge in [0.15, 0.2) is 6.10 Å². The summed E-state index contributed by atoms with van der Waals surface area (Å²) in [5.74, 6) is -0.305. The standard InChI is InChI=1S/C14H22O7/c1-4-14(2,3)13(15)21-12-11-10(18-7-19-11)9-8(20-12)5-16-6-17-9/h8-12H,4-7H2,1-3H3. The Hall–Kier alpha value is -0.730. The Morgan fingerprint density at radius 1 is 1.14 bits per heavy atom. The number of ether oxygens (including phenoxy) is 6. The predicted molar refractivity (Wildman–Crippen MR) is 69.1 cm³/mol. The van der Waals surface area contributed by atoms with Gasteiger partial charge in [-0.05, 0) is 20.3 Å². The first kappa shape index (κ1) is 15.2. The van der Waals surface area contributed by atoms with Gasteiger partial charge in [0.25, 0.3) is 0 Å². The molecule has 7 heteroatoms. The number of hydrogen-bond acceptors (Lipinski definition) is 7. The molecule has 7 nitrogen and oxygen atoms in total. The lowest BCUT2D eigenvalue weighted by atomic mass is 9.90. The third-order valence-electron chi connectivity index (χ3n) is 4.40. The summed E-state index contributed by atoms with van der Waals surface area (Å²) < 4.78 is 33.2. The van der Waals surface area contributed by atoms with Gasteiger partial charge in [0, 0.05) is 0 Å². The van der Waals surface area contributed by atoms with Crippen molar-refractivity contribution in [2.75, 3.05) is 20.2 Å². The minimum absolute atomic E-state index is 0.150. The van der Waals surface area contributed by atoms with E-state index in [-0.39, 0.29) is 37.9 Å². The summed E-state index contributed by atoms with van der Waals surface area (Å²) in [5, 5.41) is 0. The third kappa shape index (κ3) is 2.80. The number of esters is 1. The Bertz CT molecular complexity index is 397. The van der Waals surface area contributed by atoms with Gasteiger partial charge < -0.3 is 28.4 Å². The van der Waals surface area contributed by atoms with Crippen molar-refractivity contribution in [2.45, 2.75) is 57.9 Å². The smallest absolute Gasteiger partial charge is 0.313 e. The molecule has 3 rings (SSSR count). The van der Waals surface area contributed by atoms with E-state index in [1.807, 2.05) is 20.8 Å². The van der Waals surface area contributed by atoms with E-state index in [0.29, 0.717) is 13.0 Å². The molecule has 0 aromatic heterocycles. The van der Waals surface area contributed by atoms with Crippen LogP contribution in [0.5, 0.6) is 0 Å². The van der Waals surface area contributed by atoms with Crippen LogP contribution in [0.1, 0.15) is 27.2 Å². The quantitative estimate of drug-likeness (QED) is 0.714. The highest BCUT2D eigenvalue weighted by atomic mass is 16.8. The molecule has 0 spiro atoms. The van der Waals surface area contributed by atoms with Gasteiger partial charge in [-0.1, -0.05) is 6.92 Å². The van der Waals surface area contributed by atoms with Crippen LogP contribution in [0.25, 0.3) is 0 Å². The van der Waals surface area contributed by atoms with Crippen molar-refractivity contribution in [1.29, 1.82) is 0 Å². The van der Waals surface area contributed by atoms with Crippen LogP contribution in [0, 0.1) is 5.41 Å². The van der Waals surface area contributed by atoms with E-state index in [1.165, 1.54) is 0 Å². The Balaban J connectivity index is 1.71. The molecule has 5 atom stereocenters. The van der Waals surface area contributed by atoms with Crippen molar-refractivity contribution in [1.82, 2.24) is 0 Å². The molecule has 0 aromatic rings. The molecule has 5 unspecified atom stereocenters. The molecule has 0 radical (unpaired) electrons. The monoisotopic (exact) mass is 302 g/mol. The number of carbonyl (C=O) groups is 1. The van der Waals surface area contributed by atoms with Crippen molar-refractivity contribution in [3.63, 3.8) is 0 Å². The molecule has 21 heavy (non-hydrogen) atoms. The summed E-state index contributed by atoms with van der Waals surface area (Å²) in [5.41, 5.74) is -0.561. The zero-order valence-corrected chi connectivity index (χ0v) is 12.6. The van der Waals surface area contributed by atoms with Gasteiger partial charge in [-0.3, -0.25) is 4.79 Å². The first-order valence-electron chi connectivity index (χ1n) is 7.32. The van der Waals surface area contributed by atoms with Crippen molar-refractivity contribution >= 4 is 5.97 Å². The van der Waals surface area contributed by atoms with Gasteiger partial charge in [-0.15, -0.1) is 0 Å². The van der Waals surface area contributed by atoms with Gasteiger partial charge in [0.05, 0.1) is 12.0 Å². The molecule has 0 bridgehead atoms. The normalized spacial score (nSPS) is 39.5. The largest absolute Gasteiger partial charge is 0.432 e.